The number of rotatable bonds is 3. The number of pyridine rings is 1. The SMILES string of the molecule is Cc1n[nH]c(C)c1C(C)CC(=O)N1CCc2cc[nH]c(=O)c2C1. The molecule has 122 valence electrons. The van der Waals surface area contributed by atoms with Gasteiger partial charge in [0.2, 0.25) is 5.91 Å². The molecule has 2 aromatic rings. The van der Waals surface area contributed by atoms with Crippen molar-refractivity contribution in [1.29, 1.82) is 0 Å². The van der Waals surface area contributed by atoms with Gasteiger partial charge in [-0.15, -0.1) is 0 Å². The van der Waals surface area contributed by atoms with Crippen LogP contribution < -0.4 is 5.56 Å². The Bertz CT molecular complexity index is 771. The molecule has 0 saturated carbocycles. The van der Waals surface area contributed by atoms with Gasteiger partial charge < -0.3 is 9.88 Å². The highest BCUT2D eigenvalue weighted by Gasteiger charge is 2.25. The minimum Gasteiger partial charge on any atom is -0.338 e. The average molecular weight is 314 g/mol. The smallest absolute Gasteiger partial charge is 0.253 e. The van der Waals surface area contributed by atoms with Crippen molar-refractivity contribution < 1.29 is 4.79 Å². The molecular weight excluding hydrogens is 292 g/mol. The summed E-state index contributed by atoms with van der Waals surface area (Å²) >= 11 is 0. The van der Waals surface area contributed by atoms with Crippen LogP contribution in [0.4, 0.5) is 0 Å². The van der Waals surface area contributed by atoms with Crippen LogP contribution in [0.25, 0.3) is 0 Å². The third-order valence-corrected chi connectivity index (χ3v) is 4.67. The normalized spacial score (nSPS) is 15.3. The molecule has 0 spiro atoms. The van der Waals surface area contributed by atoms with Gasteiger partial charge in [0, 0.05) is 30.4 Å². The first-order valence-electron chi connectivity index (χ1n) is 7.96. The van der Waals surface area contributed by atoms with Crippen LogP contribution in [0.2, 0.25) is 0 Å². The van der Waals surface area contributed by atoms with Gasteiger partial charge in [-0.25, -0.2) is 0 Å². The standard InChI is InChI=1S/C17H22N4O2/c1-10(16-11(2)19-20-12(16)3)8-15(22)21-7-5-13-4-6-18-17(23)14(13)9-21/h4,6,10H,5,7-9H2,1-3H3,(H,18,23)(H,19,20). The number of aromatic amines is 2. The summed E-state index contributed by atoms with van der Waals surface area (Å²) in [5.41, 5.74) is 4.76. The molecule has 23 heavy (non-hydrogen) atoms. The van der Waals surface area contributed by atoms with Crippen LogP contribution >= 0.6 is 0 Å². The lowest BCUT2D eigenvalue weighted by atomic mass is 9.94. The van der Waals surface area contributed by atoms with Gasteiger partial charge in [-0.05, 0) is 43.4 Å². The molecule has 1 aliphatic rings. The molecule has 0 saturated heterocycles. The Morgan fingerprint density at radius 2 is 2.22 bits per heavy atom. The highest BCUT2D eigenvalue weighted by molar-refractivity contribution is 5.77. The monoisotopic (exact) mass is 314 g/mol. The molecule has 2 N–H and O–H groups in total. The molecule has 3 rings (SSSR count). The van der Waals surface area contributed by atoms with Crippen LogP contribution in [0.5, 0.6) is 0 Å². The van der Waals surface area contributed by atoms with Gasteiger partial charge in [0.25, 0.3) is 5.56 Å². The summed E-state index contributed by atoms with van der Waals surface area (Å²) in [4.78, 5) is 29.0. The highest BCUT2D eigenvalue weighted by Crippen LogP contribution is 2.26. The van der Waals surface area contributed by atoms with E-state index in [2.05, 4.69) is 15.2 Å². The van der Waals surface area contributed by atoms with Crippen molar-refractivity contribution in [3.63, 3.8) is 0 Å². The average Bonchev–Trinajstić information content (AvgIpc) is 2.86. The lowest BCUT2D eigenvalue weighted by molar-refractivity contribution is -0.132. The minimum absolute atomic E-state index is 0.0884. The second-order valence-electron chi connectivity index (χ2n) is 6.33. The zero-order chi connectivity index (χ0) is 16.6. The lowest BCUT2D eigenvalue weighted by Crippen LogP contribution is -2.39. The summed E-state index contributed by atoms with van der Waals surface area (Å²) in [6.07, 6.45) is 2.84. The van der Waals surface area contributed by atoms with Crippen LogP contribution in [0.3, 0.4) is 0 Å². The van der Waals surface area contributed by atoms with Gasteiger partial charge in [0.1, 0.15) is 0 Å². The number of nitrogens with zero attached hydrogens (tertiary/aromatic N) is 2. The summed E-state index contributed by atoms with van der Waals surface area (Å²) in [7, 11) is 0. The van der Waals surface area contributed by atoms with Gasteiger partial charge in [-0.1, -0.05) is 6.92 Å². The Morgan fingerprint density at radius 1 is 1.43 bits per heavy atom. The Morgan fingerprint density at radius 3 is 2.91 bits per heavy atom. The number of aryl methyl sites for hydroxylation is 2. The molecule has 6 nitrogen and oxygen atoms in total. The van der Waals surface area contributed by atoms with Crippen molar-refractivity contribution in [2.24, 2.45) is 0 Å². The van der Waals surface area contributed by atoms with Crippen molar-refractivity contribution in [3.8, 4) is 0 Å². The molecule has 1 atom stereocenters. The molecule has 3 heterocycles. The molecule has 6 heteroatoms. The van der Waals surface area contributed by atoms with Crippen molar-refractivity contribution in [2.45, 2.75) is 46.1 Å². The Hall–Kier alpha value is -2.37. The van der Waals surface area contributed by atoms with Gasteiger partial charge in [0.15, 0.2) is 0 Å². The zero-order valence-electron chi connectivity index (χ0n) is 13.8. The van der Waals surface area contributed by atoms with E-state index in [1.807, 2.05) is 26.8 Å². The number of carbonyl (C=O) groups excluding carboxylic acids is 1. The summed E-state index contributed by atoms with van der Waals surface area (Å²) < 4.78 is 0. The maximum atomic E-state index is 12.6. The molecule has 0 aromatic carbocycles. The van der Waals surface area contributed by atoms with Crippen LogP contribution in [-0.4, -0.2) is 32.5 Å². The molecular formula is C17H22N4O2. The van der Waals surface area contributed by atoms with Crippen LogP contribution in [0.15, 0.2) is 17.1 Å². The first kappa shape index (κ1) is 15.5. The second kappa shape index (κ2) is 6.02. The number of carbonyl (C=O) groups is 1. The Balaban J connectivity index is 1.73. The molecule has 0 radical (unpaired) electrons. The van der Waals surface area contributed by atoms with Gasteiger partial charge in [0.05, 0.1) is 12.2 Å². The van der Waals surface area contributed by atoms with Crippen LogP contribution in [0, 0.1) is 13.8 Å². The van der Waals surface area contributed by atoms with E-state index in [9.17, 15) is 9.59 Å². The minimum atomic E-state index is -0.0884. The fraction of sp³-hybridized carbons (Fsp3) is 0.471. The van der Waals surface area contributed by atoms with E-state index >= 15 is 0 Å². The number of amides is 1. The van der Waals surface area contributed by atoms with Crippen molar-refractivity contribution in [3.05, 3.63) is 50.7 Å². The summed E-state index contributed by atoms with van der Waals surface area (Å²) in [6.45, 7) is 7.06. The Labute approximate surface area is 134 Å². The first-order valence-corrected chi connectivity index (χ1v) is 7.96. The molecule has 0 fully saturated rings. The largest absolute Gasteiger partial charge is 0.338 e. The summed E-state index contributed by atoms with van der Waals surface area (Å²) in [5.74, 6) is 0.197. The summed E-state index contributed by atoms with van der Waals surface area (Å²) in [5, 5.41) is 7.17. The van der Waals surface area contributed by atoms with E-state index < -0.39 is 0 Å². The number of H-pyrrole nitrogens is 2. The van der Waals surface area contributed by atoms with Crippen molar-refractivity contribution >= 4 is 5.91 Å². The maximum Gasteiger partial charge on any atom is 0.253 e. The van der Waals surface area contributed by atoms with E-state index in [0.29, 0.717) is 19.5 Å². The molecule has 0 aliphatic carbocycles. The number of aromatic nitrogens is 3. The maximum absolute atomic E-state index is 12.6. The van der Waals surface area contributed by atoms with E-state index in [1.165, 1.54) is 0 Å². The van der Waals surface area contributed by atoms with Gasteiger partial charge >= 0.3 is 0 Å². The van der Waals surface area contributed by atoms with Crippen LogP contribution in [0.1, 0.15) is 47.3 Å². The highest BCUT2D eigenvalue weighted by atomic mass is 16.2. The van der Waals surface area contributed by atoms with Gasteiger partial charge in [-0.2, -0.15) is 5.10 Å². The third kappa shape index (κ3) is 2.93. The molecule has 1 unspecified atom stereocenters. The van der Waals surface area contributed by atoms with E-state index in [1.54, 1.807) is 11.1 Å². The molecule has 1 amide bonds. The fourth-order valence-corrected chi connectivity index (χ4v) is 3.48. The van der Waals surface area contributed by atoms with E-state index in [4.69, 9.17) is 0 Å². The summed E-state index contributed by atoms with van der Waals surface area (Å²) in [6, 6.07) is 1.93. The van der Waals surface area contributed by atoms with Crippen molar-refractivity contribution in [1.82, 2.24) is 20.1 Å². The lowest BCUT2D eigenvalue weighted by Gasteiger charge is -2.29. The topological polar surface area (TPSA) is 81.8 Å². The second-order valence-corrected chi connectivity index (χ2v) is 6.33. The molecule has 1 aliphatic heterocycles. The Kier molecular flexibility index (Phi) is 4.07. The number of hydrogen-bond donors (Lipinski definition) is 2. The fourth-order valence-electron chi connectivity index (χ4n) is 3.48. The van der Waals surface area contributed by atoms with Crippen LogP contribution in [-0.2, 0) is 17.8 Å². The number of hydrogen-bond acceptors (Lipinski definition) is 3. The van der Waals surface area contributed by atoms with Gasteiger partial charge in [-0.3, -0.25) is 14.7 Å². The van der Waals surface area contributed by atoms with E-state index in [0.717, 1.165) is 34.5 Å². The predicted molar refractivity (Wildman–Crippen MR) is 87.3 cm³/mol. The quantitative estimate of drug-likeness (QED) is 0.906. The third-order valence-electron chi connectivity index (χ3n) is 4.67. The molecule has 2 aromatic heterocycles. The number of fused-ring (bicyclic) bond motifs is 1. The van der Waals surface area contributed by atoms with E-state index in [-0.39, 0.29) is 17.4 Å². The first-order chi connectivity index (χ1) is 11.0. The van der Waals surface area contributed by atoms with Crippen molar-refractivity contribution in [2.75, 3.05) is 6.54 Å². The predicted octanol–water partition coefficient (Wildman–Crippen LogP) is 1.79. The molecule has 0 bridgehead atoms. The number of nitrogens with one attached hydrogen (secondary N) is 2. The zero-order valence-corrected chi connectivity index (χ0v) is 13.8.